The summed E-state index contributed by atoms with van der Waals surface area (Å²) in [7, 11) is 2.17. The number of carbonyl (C=O) groups excluding carboxylic acids is 1. The van der Waals surface area contributed by atoms with Crippen LogP contribution in [0.1, 0.15) is 53.2 Å². The predicted octanol–water partition coefficient (Wildman–Crippen LogP) is 4.23. The molecule has 1 unspecified atom stereocenters. The van der Waals surface area contributed by atoms with E-state index >= 15 is 0 Å². The number of amides is 1. The average Bonchev–Trinajstić information content (AvgIpc) is 3.13. The molecule has 2 saturated heterocycles. The zero-order valence-electron chi connectivity index (χ0n) is 15.3. The lowest BCUT2D eigenvalue weighted by Crippen LogP contribution is -2.51. The fraction of sp³-hybridized carbons (Fsp3) is 0.409. The number of aryl methyl sites for hydroxylation is 1. The van der Waals surface area contributed by atoms with Gasteiger partial charge in [-0.25, -0.2) is 4.39 Å². The van der Waals surface area contributed by atoms with E-state index in [4.69, 9.17) is 0 Å². The van der Waals surface area contributed by atoms with E-state index in [2.05, 4.69) is 29.4 Å². The van der Waals surface area contributed by atoms with Crippen LogP contribution < -0.4 is 5.32 Å². The Labute approximate surface area is 154 Å². The van der Waals surface area contributed by atoms with E-state index in [9.17, 15) is 9.18 Å². The van der Waals surface area contributed by atoms with Crippen LogP contribution in [0.5, 0.6) is 0 Å². The Morgan fingerprint density at radius 3 is 2.42 bits per heavy atom. The Morgan fingerprint density at radius 2 is 1.85 bits per heavy atom. The largest absolute Gasteiger partial charge is 0.343 e. The Balaban J connectivity index is 1.72. The SMILES string of the molecule is Cc1cccc(F)c1C(=O)NC(c1ccccc1)C12CCC(CC1)N2C. The van der Waals surface area contributed by atoms with Gasteiger partial charge in [0.1, 0.15) is 5.82 Å². The minimum Gasteiger partial charge on any atom is -0.343 e. The maximum Gasteiger partial charge on any atom is 0.255 e. The molecule has 1 atom stereocenters. The first kappa shape index (κ1) is 17.2. The molecular weight excluding hydrogens is 327 g/mol. The van der Waals surface area contributed by atoms with Crippen LogP contribution in [0.15, 0.2) is 48.5 Å². The number of benzene rings is 2. The molecule has 2 aliphatic heterocycles. The van der Waals surface area contributed by atoms with Crippen molar-refractivity contribution < 1.29 is 9.18 Å². The van der Waals surface area contributed by atoms with Gasteiger partial charge in [0.2, 0.25) is 0 Å². The molecule has 0 spiro atoms. The van der Waals surface area contributed by atoms with Gasteiger partial charge in [-0.1, -0.05) is 42.5 Å². The summed E-state index contributed by atoms with van der Waals surface area (Å²) in [5.41, 5.74) is 1.82. The fourth-order valence-electron chi connectivity index (χ4n) is 4.99. The lowest BCUT2D eigenvalue weighted by Gasteiger charge is -2.41. The Bertz CT molecular complexity index is 792. The van der Waals surface area contributed by atoms with Crippen LogP contribution in [-0.4, -0.2) is 29.4 Å². The molecule has 3 nitrogen and oxygen atoms in total. The maximum absolute atomic E-state index is 14.3. The molecule has 26 heavy (non-hydrogen) atoms. The predicted molar refractivity (Wildman–Crippen MR) is 101 cm³/mol. The lowest BCUT2D eigenvalue weighted by molar-refractivity contribution is 0.0833. The second-order valence-corrected chi connectivity index (χ2v) is 7.69. The highest BCUT2D eigenvalue weighted by Crippen LogP contribution is 2.51. The second-order valence-electron chi connectivity index (χ2n) is 7.69. The first-order valence-corrected chi connectivity index (χ1v) is 9.37. The summed E-state index contributed by atoms with van der Waals surface area (Å²) in [5, 5.41) is 3.20. The van der Waals surface area contributed by atoms with Gasteiger partial charge < -0.3 is 5.32 Å². The van der Waals surface area contributed by atoms with Crippen LogP contribution in [0, 0.1) is 12.7 Å². The van der Waals surface area contributed by atoms with E-state index in [1.165, 1.54) is 6.07 Å². The molecule has 4 rings (SSSR count). The summed E-state index contributed by atoms with van der Waals surface area (Å²) >= 11 is 0. The highest BCUT2D eigenvalue weighted by Gasteiger charge is 2.54. The van der Waals surface area contributed by atoms with Gasteiger partial charge in [0, 0.05) is 11.6 Å². The van der Waals surface area contributed by atoms with Crippen LogP contribution in [0.2, 0.25) is 0 Å². The molecule has 0 saturated carbocycles. The van der Waals surface area contributed by atoms with Gasteiger partial charge in [-0.15, -0.1) is 0 Å². The van der Waals surface area contributed by atoms with Crippen molar-refractivity contribution in [2.24, 2.45) is 0 Å². The van der Waals surface area contributed by atoms with Gasteiger partial charge in [0.05, 0.1) is 11.6 Å². The summed E-state index contributed by atoms with van der Waals surface area (Å²) in [6, 6.07) is 15.3. The molecule has 1 N–H and O–H groups in total. The quantitative estimate of drug-likeness (QED) is 0.893. The van der Waals surface area contributed by atoms with Crippen molar-refractivity contribution in [2.75, 3.05) is 7.05 Å². The summed E-state index contributed by atoms with van der Waals surface area (Å²) in [5.74, 6) is -0.788. The van der Waals surface area contributed by atoms with E-state index in [1.807, 2.05) is 18.2 Å². The molecule has 0 radical (unpaired) electrons. The smallest absolute Gasteiger partial charge is 0.255 e. The van der Waals surface area contributed by atoms with Crippen LogP contribution in [0.3, 0.4) is 0 Å². The molecule has 2 bridgehead atoms. The molecule has 0 aliphatic carbocycles. The van der Waals surface area contributed by atoms with E-state index in [0.29, 0.717) is 11.6 Å². The van der Waals surface area contributed by atoms with E-state index in [0.717, 1.165) is 31.2 Å². The van der Waals surface area contributed by atoms with E-state index < -0.39 is 5.82 Å². The zero-order chi connectivity index (χ0) is 18.3. The van der Waals surface area contributed by atoms with Gasteiger partial charge in [-0.2, -0.15) is 0 Å². The first-order chi connectivity index (χ1) is 12.5. The van der Waals surface area contributed by atoms with Crippen LogP contribution in [-0.2, 0) is 0 Å². The number of rotatable bonds is 4. The molecule has 0 aromatic heterocycles. The Kier molecular flexibility index (Phi) is 4.31. The zero-order valence-corrected chi connectivity index (χ0v) is 15.3. The van der Waals surface area contributed by atoms with Crippen molar-refractivity contribution in [1.29, 1.82) is 0 Å². The first-order valence-electron chi connectivity index (χ1n) is 9.37. The van der Waals surface area contributed by atoms with Crippen LogP contribution in [0.4, 0.5) is 4.39 Å². The topological polar surface area (TPSA) is 32.3 Å². The molecule has 2 fully saturated rings. The number of carbonyl (C=O) groups is 1. The normalized spacial score (nSPS) is 26.0. The van der Waals surface area contributed by atoms with Crippen molar-refractivity contribution in [1.82, 2.24) is 10.2 Å². The standard InChI is InChI=1S/C22H25FN2O/c1-15-7-6-10-18(23)19(15)21(26)24-20(16-8-4-3-5-9-16)22-13-11-17(12-14-22)25(22)2/h3-10,17,20H,11-14H2,1-2H3,(H,24,26). The summed E-state index contributed by atoms with van der Waals surface area (Å²) < 4.78 is 14.3. The fourth-order valence-corrected chi connectivity index (χ4v) is 4.99. The molecular formula is C22H25FN2O. The summed E-state index contributed by atoms with van der Waals surface area (Å²) in [6.07, 6.45) is 4.44. The van der Waals surface area contributed by atoms with Crippen LogP contribution >= 0.6 is 0 Å². The van der Waals surface area contributed by atoms with Crippen molar-refractivity contribution in [3.8, 4) is 0 Å². The van der Waals surface area contributed by atoms with Gasteiger partial charge in [-0.05, 0) is 56.8 Å². The number of likely N-dealkylation sites (N-methyl/N-ethyl adjacent to an activating group) is 1. The number of nitrogens with one attached hydrogen (secondary N) is 1. The lowest BCUT2D eigenvalue weighted by atomic mass is 9.78. The summed E-state index contributed by atoms with van der Waals surface area (Å²) in [4.78, 5) is 15.5. The third-order valence-corrected chi connectivity index (χ3v) is 6.47. The highest BCUT2D eigenvalue weighted by atomic mass is 19.1. The van der Waals surface area contributed by atoms with Gasteiger partial charge in [0.15, 0.2) is 0 Å². The minimum absolute atomic E-state index is 0.0825. The van der Waals surface area contributed by atoms with Gasteiger partial charge >= 0.3 is 0 Å². The van der Waals surface area contributed by atoms with E-state index in [1.54, 1.807) is 19.1 Å². The Morgan fingerprint density at radius 1 is 1.15 bits per heavy atom. The molecule has 4 heteroatoms. The number of fused-ring (bicyclic) bond motifs is 2. The van der Waals surface area contributed by atoms with Crippen molar-refractivity contribution in [2.45, 2.75) is 50.2 Å². The molecule has 136 valence electrons. The number of hydrogen-bond acceptors (Lipinski definition) is 2. The van der Waals surface area contributed by atoms with Gasteiger partial charge in [-0.3, -0.25) is 9.69 Å². The number of nitrogens with zero attached hydrogens (tertiary/aromatic N) is 1. The monoisotopic (exact) mass is 352 g/mol. The Hall–Kier alpha value is -2.20. The van der Waals surface area contributed by atoms with E-state index in [-0.39, 0.29) is 23.1 Å². The van der Waals surface area contributed by atoms with Crippen molar-refractivity contribution in [3.05, 3.63) is 71.0 Å². The third kappa shape index (κ3) is 2.64. The number of halogens is 1. The average molecular weight is 352 g/mol. The third-order valence-electron chi connectivity index (χ3n) is 6.47. The summed E-state index contributed by atoms with van der Waals surface area (Å²) in [6.45, 7) is 1.78. The molecule has 2 aromatic rings. The molecule has 2 aliphatic rings. The van der Waals surface area contributed by atoms with Crippen molar-refractivity contribution in [3.63, 3.8) is 0 Å². The number of hydrogen-bond donors (Lipinski definition) is 1. The highest BCUT2D eigenvalue weighted by molar-refractivity contribution is 5.96. The maximum atomic E-state index is 14.3. The van der Waals surface area contributed by atoms with Crippen LogP contribution in [0.25, 0.3) is 0 Å². The van der Waals surface area contributed by atoms with Crippen molar-refractivity contribution >= 4 is 5.91 Å². The minimum atomic E-state index is -0.462. The molecule has 1 amide bonds. The molecule has 2 aromatic carbocycles. The molecule has 2 heterocycles. The second kappa shape index (κ2) is 6.51. The van der Waals surface area contributed by atoms with Gasteiger partial charge in [0.25, 0.3) is 5.91 Å².